The van der Waals surface area contributed by atoms with Crippen LogP contribution in [0.2, 0.25) is 0 Å². The van der Waals surface area contributed by atoms with E-state index in [1.807, 2.05) is 0 Å². The predicted molar refractivity (Wildman–Crippen MR) is 127 cm³/mol. The number of hydrogen-bond donors (Lipinski definition) is 3. The Balaban J connectivity index is 0.00000480. The van der Waals surface area contributed by atoms with Gasteiger partial charge in [0.1, 0.15) is 11.6 Å². The van der Waals surface area contributed by atoms with Crippen molar-refractivity contribution in [2.24, 2.45) is 4.99 Å². The van der Waals surface area contributed by atoms with Crippen molar-refractivity contribution in [1.29, 1.82) is 0 Å². The van der Waals surface area contributed by atoms with Crippen LogP contribution in [-0.4, -0.2) is 41.7 Å². The Labute approximate surface area is 198 Å². The maximum atomic E-state index is 14.0. The van der Waals surface area contributed by atoms with Gasteiger partial charge in [0.25, 0.3) is 0 Å². The molecule has 0 saturated heterocycles. The number of methoxy groups -OCH3 is 1. The van der Waals surface area contributed by atoms with Gasteiger partial charge in [0.05, 0.1) is 17.5 Å². The van der Waals surface area contributed by atoms with E-state index in [9.17, 15) is 17.2 Å². The molecule has 0 aliphatic heterocycles. The number of nitrogens with one attached hydrogen (secondary N) is 3. The first kappa shape index (κ1) is 27.2. The highest BCUT2D eigenvalue weighted by atomic mass is 127. The van der Waals surface area contributed by atoms with Gasteiger partial charge in [-0.05, 0) is 30.7 Å². The van der Waals surface area contributed by atoms with E-state index in [2.05, 4.69) is 20.3 Å². The fourth-order valence-electron chi connectivity index (χ4n) is 2.70. The van der Waals surface area contributed by atoms with Crippen molar-refractivity contribution in [3.8, 4) is 0 Å². The summed E-state index contributed by atoms with van der Waals surface area (Å²) < 4.78 is 59.0. The van der Waals surface area contributed by atoms with Crippen molar-refractivity contribution in [3.63, 3.8) is 0 Å². The Morgan fingerprint density at radius 2 is 1.94 bits per heavy atom. The highest BCUT2D eigenvalue weighted by Crippen LogP contribution is 2.17. The smallest absolute Gasteiger partial charge is 0.240 e. The zero-order valence-corrected chi connectivity index (χ0v) is 20.6. The van der Waals surface area contributed by atoms with E-state index in [1.54, 1.807) is 32.2 Å². The van der Waals surface area contributed by atoms with E-state index < -0.39 is 27.7 Å². The highest BCUT2D eigenvalue weighted by molar-refractivity contribution is 14.0. The largest absolute Gasteiger partial charge is 0.383 e. The lowest BCUT2D eigenvalue weighted by atomic mass is 10.1. The molecule has 0 radical (unpaired) electrons. The van der Waals surface area contributed by atoms with Gasteiger partial charge in [0, 0.05) is 38.9 Å². The minimum absolute atomic E-state index is 0. The van der Waals surface area contributed by atoms with Gasteiger partial charge in [0.15, 0.2) is 5.96 Å². The summed E-state index contributed by atoms with van der Waals surface area (Å²) in [6.45, 7) is 2.47. The molecule has 0 spiro atoms. The highest BCUT2D eigenvalue weighted by Gasteiger charge is 2.15. The van der Waals surface area contributed by atoms with Gasteiger partial charge in [0.2, 0.25) is 10.0 Å². The molecular formula is C20H27F2IN4O3S. The van der Waals surface area contributed by atoms with Gasteiger partial charge >= 0.3 is 0 Å². The maximum Gasteiger partial charge on any atom is 0.240 e. The lowest BCUT2D eigenvalue weighted by Gasteiger charge is -2.19. The first-order valence-corrected chi connectivity index (χ1v) is 10.7. The topological polar surface area (TPSA) is 91.8 Å². The van der Waals surface area contributed by atoms with Crippen LogP contribution < -0.4 is 15.4 Å². The Bertz CT molecular complexity index is 990. The number of hydrogen-bond acceptors (Lipinski definition) is 4. The standard InChI is InChI=1S/C20H26F2N4O3S.HI/c1-14(18-8-7-16(21)12-19(18)22)26-20(23-2)24-13-15-5-4-6-17(11-15)30(27,28)25-9-10-29-3;/h4-8,11-12,14,25H,9-10,13H2,1-3H3,(H2,23,24,26);1H. The average Bonchev–Trinajstić information content (AvgIpc) is 2.71. The molecule has 0 amide bonds. The van der Waals surface area contributed by atoms with Gasteiger partial charge in [-0.2, -0.15) is 0 Å². The molecule has 0 heterocycles. The number of rotatable bonds is 9. The number of ether oxygens (including phenoxy) is 1. The monoisotopic (exact) mass is 568 g/mol. The molecule has 31 heavy (non-hydrogen) atoms. The maximum absolute atomic E-state index is 14.0. The summed E-state index contributed by atoms with van der Waals surface area (Å²) in [5, 5.41) is 6.08. The van der Waals surface area contributed by atoms with Crippen LogP contribution >= 0.6 is 24.0 Å². The number of aliphatic imine (C=N–C) groups is 1. The molecule has 0 aliphatic rings. The second kappa shape index (κ2) is 12.9. The van der Waals surface area contributed by atoms with Crippen molar-refractivity contribution in [1.82, 2.24) is 15.4 Å². The molecule has 7 nitrogen and oxygen atoms in total. The van der Waals surface area contributed by atoms with Crippen LogP contribution in [0.25, 0.3) is 0 Å². The van der Waals surface area contributed by atoms with Crippen LogP contribution in [0.5, 0.6) is 0 Å². The molecule has 11 heteroatoms. The summed E-state index contributed by atoms with van der Waals surface area (Å²) in [7, 11) is -0.586. The van der Waals surface area contributed by atoms with Crippen LogP contribution in [0, 0.1) is 11.6 Å². The quantitative estimate of drug-likeness (QED) is 0.187. The normalized spacial score (nSPS) is 12.7. The van der Waals surface area contributed by atoms with E-state index in [0.717, 1.165) is 6.07 Å². The predicted octanol–water partition coefficient (Wildman–Crippen LogP) is 2.93. The van der Waals surface area contributed by atoms with Crippen molar-refractivity contribution >= 4 is 40.0 Å². The van der Waals surface area contributed by atoms with Crippen LogP contribution in [0.3, 0.4) is 0 Å². The van der Waals surface area contributed by atoms with Crippen LogP contribution in [-0.2, 0) is 21.3 Å². The van der Waals surface area contributed by atoms with Gasteiger partial charge in [-0.25, -0.2) is 21.9 Å². The van der Waals surface area contributed by atoms with Gasteiger partial charge in [-0.3, -0.25) is 4.99 Å². The second-order valence-electron chi connectivity index (χ2n) is 6.50. The lowest BCUT2D eigenvalue weighted by molar-refractivity contribution is 0.204. The molecule has 172 valence electrons. The summed E-state index contributed by atoms with van der Waals surface area (Å²) in [5.74, 6) is -0.903. The fourth-order valence-corrected chi connectivity index (χ4v) is 3.78. The van der Waals surface area contributed by atoms with E-state index in [1.165, 1.54) is 25.3 Å². The molecule has 0 aliphatic carbocycles. The molecule has 0 aromatic heterocycles. The Morgan fingerprint density at radius 3 is 2.58 bits per heavy atom. The molecule has 1 atom stereocenters. The third-order valence-corrected chi connectivity index (χ3v) is 5.73. The molecule has 0 bridgehead atoms. The van der Waals surface area contributed by atoms with E-state index >= 15 is 0 Å². The minimum Gasteiger partial charge on any atom is -0.383 e. The third kappa shape index (κ3) is 8.31. The fraction of sp³-hybridized carbons (Fsp3) is 0.350. The molecule has 2 rings (SSSR count). The SMILES string of the molecule is CN=C(NCc1cccc(S(=O)(=O)NCCOC)c1)NC(C)c1ccc(F)cc1F.I. The van der Waals surface area contributed by atoms with Crippen molar-refractivity contribution in [2.45, 2.75) is 24.4 Å². The summed E-state index contributed by atoms with van der Waals surface area (Å²) >= 11 is 0. The van der Waals surface area contributed by atoms with Crippen molar-refractivity contribution in [2.75, 3.05) is 27.3 Å². The molecule has 2 aromatic rings. The van der Waals surface area contributed by atoms with Crippen LogP contribution in [0.15, 0.2) is 52.4 Å². The lowest BCUT2D eigenvalue weighted by Crippen LogP contribution is -2.38. The molecule has 0 fully saturated rings. The van der Waals surface area contributed by atoms with Crippen molar-refractivity contribution in [3.05, 3.63) is 65.2 Å². The molecule has 1 unspecified atom stereocenters. The molecule has 0 saturated carbocycles. The van der Waals surface area contributed by atoms with Crippen LogP contribution in [0.1, 0.15) is 24.1 Å². The molecule has 2 aromatic carbocycles. The van der Waals surface area contributed by atoms with Gasteiger partial charge < -0.3 is 15.4 Å². The zero-order chi connectivity index (χ0) is 22.1. The summed E-state index contributed by atoms with van der Waals surface area (Å²) in [4.78, 5) is 4.23. The third-order valence-electron chi connectivity index (χ3n) is 4.27. The first-order valence-electron chi connectivity index (χ1n) is 9.26. The summed E-state index contributed by atoms with van der Waals surface area (Å²) in [6, 6.07) is 9.42. The molecule has 3 N–H and O–H groups in total. The summed E-state index contributed by atoms with van der Waals surface area (Å²) in [6.07, 6.45) is 0. The average molecular weight is 568 g/mol. The number of benzene rings is 2. The van der Waals surface area contributed by atoms with E-state index in [-0.39, 0.29) is 42.0 Å². The Kier molecular flexibility index (Phi) is 11.3. The summed E-state index contributed by atoms with van der Waals surface area (Å²) in [5.41, 5.74) is 1.02. The first-order chi connectivity index (χ1) is 14.3. The molecular weight excluding hydrogens is 541 g/mol. The Morgan fingerprint density at radius 1 is 1.19 bits per heavy atom. The van der Waals surface area contributed by atoms with E-state index in [0.29, 0.717) is 23.6 Å². The Hall–Kier alpha value is -1.83. The van der Waals surface area contributed by atoms with Gasteiger partial charge in [-0.15, -0.1) is 24.0 Å². The van der Waals surface area contributed by atoms with E-state index in [4.69, 9.17) is 4.74 Å². The zero-order valence-electron chi connectivity index (χ0n) is 17.5. The van der Waals surface area contributed by atoms with Crippen molar-refractivity contribution < 1.29 is 21.9 Å². The number of guanidine groups is 1. The minimum atomic E-state index is -3.64. The second-order valence-corrected chi connectivity index (χ2v) is 8.26. The van der Waals surface area contributed by atoms with Gasteiger partial charge in [-0.1, -0.05) is 18.2 Å². The number of sulfonamides is 1. The number of halogens is 3. The number of nitrogens with zero attached hydrogens (tertiary/aromatic N) is 1. The van der Waals surface area contributed by atoms with Crippen LogP contribution in [0.4, 0.5) is 8.78 Å².